The third-order valence-corrected chi connectivity index (χ3v) is 4.22. The number of carbonyl (C=O) groups excluding carboxylic acids is 1. The minimum Gasteiger partial charge on any atom is -0.336 e. The third-order valence-electron chi connectivity index (χ3n) is 3.73. The van der Waals surface area contributed by atoms with E-state index in [1.165, 1.54) is 6.07 Å². The van der Waals surface area contributed by atoms with Crippen molar-refractivity contribution in [2.24, 2.45) is 0 Å². The van der Waals surface area contributed by atoms with Crippen molar-refractivity contribution >= 4 is 22.0 Å². The summed E-state index contributed by atoms with van der Waals surface area (Å²) < 4.78 is 14.6. The molecule has 1 atom stereocenters. The number of rotatable bonds is 2. The smallest absolute Gasteiger partial charge is 0.317 e. The Morgan fingerprint density at radius 1 is 1.42 bits per heavy atom. The number of benzene rings is 1. The topological polar surface area (TPSA) is 35.6 Å². The number of carbonyl (C=O) groups is 1. The van der Waals surface area contributed by atoms with Crippen LogP contribution in [0.3, 0.4) is 0 Å². The maximum Gasteiger partial charge on any atom is 0.317 e. The van der Waals surface area contributed by atoms with Gasteiger partial charge in [-0.2, -0.15) is 0 Å². The molecule has 0 radical (unpaired) electrons. The molecule has 2 aliphatic rings. The van der Waals surface area contributed by atoms with Gasteiger partial charge in [-0.1, -0.05) is 22.0 Å². The maximum absolute atomic E-state index is 13.8. The summed E-state index contributed by atoms with van der Waals surface area (Å²) in [6.45, 7) is 3.60. The Morgan fingerprint density at radius 3 is 3.05 bits per heavy atom. The van der Waals surface area contributed by atoms with Crippen LogP contribution < -0.4 is 5.32 Å². The Kier molecular flexibility index (Phi) is 3.45. The van der Waals surface area contributed by atoms with Gasteiger partial charge >= 0.3 is 6.03 Å². The van der Waals surface area contributed by atoms with Crippen LogP contribution >= 0.6 is 15.9 Å². The van der Waals surface area contributed by atoms with Crippen molar-refractivity contribution in [1.82, 2.24) is 15.1 Å². The molecule has 1 aromatic rings. The molecule has 0 spiro atoms. The monoisotopic (exact) mass is 327 g/mol. The van der Waals surface area contributed by atoms with Crippen LogP contribution in [0.2, 0.25) is 0 Å². The van der Waals surface area contributed by atoms with Gasteiger partial charge in [0, 0.05) is 42.8 Å². The second-order valence-electron chi connectivity index (χ2n) is 5.00. The average Bonchev–Trinajstić information content (AvgIpc) is 2.74. The summed E-state index contributed by atoms with van der Waals surface area (Å²) in [6, 6.07) is 5.41. The van der Waals surface area contributed by atoms with Crippen LogP contribution in [0.25, 0.3) is 0 Å². The second kappa shape index (κ2) is 5.09. The number of piperazine rings is 1. The second-order valence-corrected chi connectivity index (χ2v) is 5.92. The zero-order valence-corrected chi connectivity index (χ0v) is 12.0. The number of urea groups is 1. The van der Waals surface area contributed by atoms with Crippen molar-refractivity contribution in [2.75, 3.05) is 26.2 Å². The van der Waals surface area contributed by atoms with E-state index in [9.17, 15) is 9.18 Å². The highest BCUT2D eigenvalue weighted by molar-refractivity contribution is 9.10. The average molecular weight is 328 g/mol. The lowest BCUT2D eigenvalue weighted by molar-refractivity contribution is 0.116. The van der Waals surface area contributed by atoms with Crippen LogP contribution in [0.15, 0.2) is 22.7 Å². The van der Waals surface area contributed by atoms with Crippen LogP contribution in [0.1, 0.15) is 5.56 Å². The fraction of sp³-hybridized carbons (Fsp3) is 0.462. The van der Waals surface area contributed by atoms with Crippen molar-refractivity contribution in [1.29, 1.82) is 0 Å². The van der Waals surface area contributed by atoms with Gasteiger partial charge in [-0.3, -0.25) is 4.90 Å². The number of hydrogen-bond donors (Lipinski definition) is 1. The van der Waals surface area contributed by atoms with Crippen LogP contribution in [0.5, 0.6) is 0 Å². The van der Waals surface area contributed by atoms with E-state index in [1.54, 1.807) is 0 Å². The van der Waals surface area contributed by atoms with Gasteiger partial charge in [0.2, 0.25) is 0 Å². The molecule has 2 saturated heterocycles. The highest BCUT2D eigenvalue weighted by Crippen LogP contribution is 2.20. The van der Waals surface area contributed by atoms with Gasteiger partial charge in [0.25, 0.3) is 0 Å². The van der Waals surface area contributed by atoms with Crippen LogP contribution in [-0.2, 0) is 6.54 Å². The largest absolute Gasteiger partial charge is 0.336 e. The van der Waals surface area contributed by atoms with E-state index >= 15 is 0 Å². The van der Waals surface area contributed by atoms with E-state index in [-0.39, 0.29) is 17.9 Å². The van der Waals surface area contributed by atoms with Gasteiger partial charge in [0.1, 0.15) is 5.82 Å². The molecule has 6 heteroatoms. The molecule has 0 aliphatic carbocycles. The number of halogens is 2. The highest BCUT2D eigenvalue weighted by Gasteiger charge is 2.35. The predicted octanol–water partition coefficient (Wildman–Crippen LogP) is 1.80. The zero-order valence-electron chi connectivity index (χ0n) is 10.4. The molecular formula is C13H15BrFN3O. The Balaban J connectivity index is 1.66. The summed E-state index contributed by atoms with van der Waals surface area (Å²) in [5.74, 6) is -0.183. The number of amides is 2. The standard InChI is InChI=1S/C13H15BrFN3O/c14-10-2-1-9(12(15)5-10)7-17-3-4-18-11(8-17)6-16-13(18)19/h1-2,5,11H,3-4,6-8H2,(H,16,19). The highest BCUT2D eigenvalue weighted by atomic mass is 79.9. The minimum atomic E-state index is -0.183. The minimum absolute atomic E-state index is 0.0273. The fourth-order valence-corrected chi connectivity index (χ4v) is 3.04. The first-order chi connectivity index (χ1) is 9.13. The summed E-state index contributed by atoms with van der Waals surface area (Å²) in [5.41, 5.74) is 0.703. The molecule has 4 nitrogen and oxygen atoms in total. The lowest BCUT2D eigenvalue weighted by atomic mass is 10.1. The predicted molar refractivity (Wildman–Crippen MR) is 73.3 cm³/mol. The molecule has 1 N–H and O–H groups in total. The van der Waals surface area contributed by atoms with Gasteiger partial charge in [-0.05, 0) is 12.1 Å². The van der Waals surface area contributed by atoms with Crippen molar-refractivity contribution in [3.05, 3.63) is 34.1 Å². The molecular weight excluding hydrogens is 313 g/mol. The molecule has 1 unspecified atom stereocenters. The van der Waals surface area contributed by atoms with Crippen molar-refractivity contribution < 1.29 is 9.18 Å². The first-order valence-electron chi connectivity index (χ1n) is 6.34. The normalized spacial score (nSPS) is 23.4. The zero-order chi connectivity index (χ0) is 13.4. The molecule has 0 saturated carbocycles. The van der Waals surface area contributed by atoms with Crippen molar-refractivity contribution in [3.8, 4) is 0 Å². The molecule has 102 valence electrons. The van der Waals surface area contributed by atoms with Crippen LogP contribution in [-0.4, -0.2) is 48.1 Å². The number of nitrogens with one attached hydrogen (secondary N) is 1. The number of hydrogen-bond acceptors (Lipinski definition) is 2. The lowest BCUT2D eigenvalue weighted by Crippen LogP contribution is -2.51. The molecule has 2 fully saturated rings. The maximum atomic E-state index is 13.8. The molecule has 2 heterocycles. The van der Waals surface area contributed by atoms with Crippen LogP contribution in [0, 0.1) is 5.82 Å². The van der Waals surface area contributed by atoms with E-state index in [0.29, 0.717) is 25.2 Å². The lowest BCUT2D eigenvalue weighted by Gasteiger charge is -2.36. The third kappa shape index (κ3) is 2.60. The molecule has 2 aliphatic heterocycles. The molecule has 1 aromatic carbocycles. The van der Waals surface area contributed by atoms with E-state index in [4.69, 9.17) is 0 Å². The first kappa shape index (κ1) is 12.9. The Morgan fingerprint density at radius 2 is 2.26 bits per heavy atom. The van der Waals surface area contributed by atoms with Gasteiger partial charge in [-0.15, -0.1) is 0 Å². The first-order valence-corrected chi connectivity index (χ1v) is 7.13. The summed E-state index contributed by atoms with van der Waals surface area (Å²) in [4.78, 5) is 15.6. The van der Waals surface area contributed by atoms with Gasteiger partial charge in [-0.25, -0.2) is 9.18 Å². The number of nitrogens with zero attached hydrogens (tertiary/aromatic N) is 2. The number of fused-ring (bicyclic) bond motifs is 1. The quantitative estimate of drug-likeness (QED) is 0.899. The van der Waals surface area contributed by atoms with Crippen LogP contribution in [0.4, 0.5) is 9.18 Å². The van der Waals surface area contributed by atoms with E-state index in [2.05, 4.69) is 26.1 Å². The molecule has 19 heavy (non-hydrogen) atoms. The molecule has 3 rings (SSSR count). The SMILES string of the molecule is O=C1NCC2CN(Cc3ccc(Br)cc3F)CCN12. The molecule has 2 amide bonds. The molecule has 0 bridgehead atoms. The van der Waals surface area contributed by atoms with Gasteiger partial charge < -0.3 is 10.2 Å². The summed E-state index contributed by atoms with van der Waals surface area (Å²) in [5, 5.41) is 2.84. The Bertz CT molecular complexity index is 511. The molecule has 0 aromatic heterocycles. The summed E-state index contributed by atoms with van der Waals surface area (Å²) >= 11 is 3.26. The summed E-state index contributed by atoms with van der Waals surface area (Å²) in [7, 11) is 0. The Hall–Kier alpha value is -1.14. The summed E-state index contributed by atoms with van der Waals surface area (Å²) in [6.07, 6.45) is 0. The van der Waals surface area contributed by atoms with Crippen molar-refractivity contribution in [3.63, 3.8) is 0 Å². The van der Waals surface area contributed by atoms with E-state index < -0.39 is 0 Å². The van der Waals surface area contributed by atoms with Crippen molar-refractivity contribution in [2.45, 2.75) is 12.6 Å². The van der Waals surface area contributed by atoms with E-state index in [1.807, 2.05) is 17.0 Å². The fourth-order valence-electron chi connectivity index (χ4n) is 2.70. The Labute approximate surface area is 119 Å². The van der Waals surface area contributed by atoms with Gasteiger partial charge in [0.15, 0.2) is 0 Å². The van der Waals surface area contributed by atoms with Gasteiger partial charge in [0.05, 0.1) is 6.04 Å². The van der Waals surface area contributed by atoms with E-state index in [0.717, 1.165) is 17.6 Å².